The van der Waals surface area contributed by atoms with Crippen LogP contribution in [-0.2, 0) is 19.6 Å². The van der Waals surface area contributed by atoms with Gasteiger partial charge in [0, 0.05) is 0 Å². The number of ether oxygens (including phenoxy) is 1. The number of methoxy groups -OCH3 is 1. The van der Waals surface area contributed by atoms with Gasteiger partial charge in [0.25, 0.3) is 0 Å². The van der Waals surface area contributed by atoms with Crippen molar-refractivity contribution >= 4 is 37.9 Å². The maximum absolute atomic E-state index is 14.5. The minimum atomic E-state index is -3.94. The topological polar surface area (TPSA) is 63.7 Å². The number of unbranched alkanes of at least 4 members (excludes halogenated alkanes) is 2. The summed E-state index contributed by atoms with van der Waals surface area (Å²) in [7, 11) is -2.54. The predicted molar refractivity (Wildman–Crippen MR) is 178 cm³/mol. The fourth-order valence-corrected chi connectivity index (χ4v) is 22.7. The molecule has 1 aliphatic heterocycles. The quantitative estimate of drug-likeness (QED) is 0.143. The molecule has 0 N–H and O–H groups in total. The van der Waals surface area contributed by atoms with Gasteiger partial charge < -0.3 is 0 Å². The first-order valence-electron chi connectivity index (χ1n) is 15.6. The number of sulfonamides is 1. The Labute approximate surface area is 263 Å². The van der Waals surface area contributed by atoms with Gasteiger partial charge in [-0.25, -0.2) is 0 Å². The Kier molecular flexibility index (Phi) is 11.7. The fourth-order valence-electron chi connectivity index (χ4n) is 6.45. The summed E-state index contributed by atoms with van der Waals surface area (Å²) >= 11 is -3.19. The van der Waals surface area contributed by atoms with Crippen molar-refractivity contribution in [1.29, 1.82) is 0 Å². The summed E-state index contributed by atoms with van der Waals surface area (Å²) in [5, 5.41) is 0. The standard InChI is InChI=1S/C22H24NO4S.C6H5.2C4H9.Sn/c1-15-5-9-18(10-6-15)21-20(22(24)27-4)13-17(3)14-23(21)28(25,26)19-11-7-16(2)8-12-19;1-2-4-6-5-3-1;2*1-3-4-2;/h3,5-12,20-21H,13-14H2,1-2,4H3;1-5H;2*1,3-4H2,2H3;/t20-,21-;;;;/m0..../s1. The second kappa shape index (κ2) is 15.0. The van der Waals surface area contributed by atoms with Crippen molar-refractivity contribution in [2.75, 3.05) is 13.7 Å². The molecule has 0 aromatic heterocycles. The molecule has 0 unspecified atom stereocenters. The van der Waals surface area contributed by atoms with Crippen molar-refractivity contribution in [2.45, 2.75) is 79.6 Å². The zero-order valence-electron chi connectivity index (χ0n) is 26.4. The van der Waals surface area contributed by atoms with Crippen LogP contribution in [0.1, 0.15) is 68.7 Å². The monoisotopic (exact) mass is 709 g/mol. The maximum atomic E-state index is 14.5. The van der Waals surface area contributed by atoms with Crippen molar-refractivity contribution in [1.82, 2.24) is 4.31 Å². The van der Waals surface area contributed by atoms with E-state index in [1.807, 2.05) is 50.2 Å². The second-order valence-corrected chi connectivity index (χ2v) is 25.9. The normalized spacial score (nSPS) is 19.0. The summed E-state index contributed by atoms with van der Waals surface area (Å²) < 4.78 is 42.3. The van der Waals surface area contributed by atoms with E-state index in [1.54, 1.807) is 16.4 Å². The Morgan fingerprint density at radius 3 is 1.98 bits per heavy atom. The van der Waals surface area contributed by atoms with Crippen LogP contribution in [0.15, 0.2) is 93.4 Å². The van der Waals surface area contributed by atoms with Crippen LogP contribution in [0.5, 0.6) is 0 Å². The number of piperidine rings is 1. The number of esters is 1. The van der Waals surface area contributed by atoms with Gasteiger partial charge in [0.2, 0.25) is 0 Å². The molecule has 3 aromatic rings. The van der Waals surface area contributed by atoms with Crippen LogP contribution in [-0.4, -0.2) is 50.7 Å². The third-order valence-electron chi connectivity index (χ3n) is 8.86. The Hall–Kier alpha value is -2.42. The van der Waals surface area contributed by atoms with Gasteiger partial charge in [-0.3, -0.25) is 0 Å². The Morgan fingerprint density at radius 2 is 1.44 bits per heavy atom. The molecule has 230 valence electrons. The summed E-state index contributed by atoms with van der Waals surface area (Å²) in [4.78, 5) is 13.8. The van der Waals surface area contributed by atoms with E-state index in [1.165, 1.54) is 19.6 Å². The van der Waals surface area contributed by atoms with Gasteiger partial charge in [-0.05, 0) is 0 Å². The molecule has 43 heavy (non-hydrogen) atoms. The zero-order chi connectivity index (χ0) is 31.0. The first kappa shape index (κ1) is 33.5. The molecule has 0 amide bonds. The molecule has 1 heterocycles. The summed E-state index contributed by atoms with van der Waals surface area (Å²) in [5.41, 5.74) is 3.94. The molecule has 0 bridgehead atoms. The van der Waals surface area contributed by atoms with Gasteiger partial charge in [0.15, 0.2) is 0 Å². The van der Waals surface area contributed by atoms with Crippen LogP contribution >= 0.6 is 0 Å². The van der Waals surface area contributed by atoms with Crippen molar-refractivity contribution in [3.05, 3.63) is 105 Å². The number of benzene rings is 3. The molecule has 3 aromatic carbocycles. The van der Waals surface area contributed by atoms with E-state index in [0.29, 0.717) is 6.42 Å². The van der Waals surface area contributed by atoms with Gasteiger partial charge >= 0.3 is 265 Å². The van der Waals surface area contributed by atoms with Crippen LogP contribution in [0.2, 0.25) is 8.87 Å². The molecule has 7 heteroatoms. The molecule has 1 saturated heterocycles. The van der Waals surface area contributed by atoms with Gasteiger partial charge in [-0.15, -0.1) is 0 Å². The van der Waals surface area contributed by atoms with E-state index >= 15 is 0 Å². The zero-order valence-corrected chi connectivity index (χ0v) is 30.1. The van der Waals surface area contributed by atoms with Crippen LogP contribution in [0.3, 0.4) is 0 Å². The molecule has 2 atom stereocenters. The number of hydrogen-bond donors (Lipinski definition) is 0. The average Bonchev–Trinajstić information content (AvgIpc) is 3.02. The molecule has 4 rings (SSSR count). The first-order valence-corrected chi connectivity index (χ1v) is 24.2. The Balaban J connectivity index is 1.92. The number of carbonyl (C=O) groups excluding carboxylic acids is 1. The summed E-state index contributed by atoms with van der Waals surface area (Å²) in [6, 6.07) is 25.2. The first-order chi connectivity index (χ1) is 20.6. The molecular weight excluding hydrogens is 661 g/mol. The van der Waals surface area contributed by atoms with Crippen molar-refractivity contribution in [2.24, 2.45) is 5.92 Å². The molecule has 1 fully saturated rings. The van der Waals surface area contributed by atoms with Gasteiger partial charge in [0.05, 0.1) is 0 Å². The van der Waals surface area contributed by atoms with Gasteiger partial charge in [-0.1, -0.05) is 0 Å². The number of nitrogens with zero attached hydrogens (tertiary/aromatic N) is 1. The predicted octanol–water partition coefficient (Wildman–Crippen LogP) is 7.65. The summed E-state index contributed by atoms with van der Waals surface area (Å²) in [5.74, 6) is -1.02. The average molecular weight is 709 g/mol. The van der Waals surface area contributed by atoms with Crippen molar-refractivity contribution in [3.63, 3.8) is 0 Å². The van der Waals surface area contributed by atoms with Crippen LogP contribution in [0.4, 0.5) is 0 Å². The van der Waals surface area contributed by atoms with E-state index in [9.17, 15) is 13.2 Å². The Bertz CT molecular complexity index is 1480. The number of carbonyl (C=O) groups is 1. The molecule has 0 saturated carbocycles. The van der Waals surface area contributed by atoms with E-state index in [0.717, 1.165) is 47.9 Å². The van der Waals surface area contributed by atoms with Crippen LogP contribution < -0.4 is 3.58 Å². The third kappa shape index (κ3) is 7.81. The van der Waals surface area contributed by atoms with Crippen molar-refractivity contribution in [3.8, 4) is 0 Å². The van der Waals surface area contributed by atoms with Crippen LogP contribution in [0.25, 0.3) is 0 Å². The SMILES string of the molecule is CCC[CH2][Sn](/[CH]=C1\C[C@H](C(=O)OC)[C@H](c2ccc(C)cc2)N(S(=O)(=O)c2ccc(C)cc2)C1)([CH2]CCC)[c]1ccccc1. The molecule has 0 spiro atoms. The fraction of sp³-hybridized carbons (Fsp3) is 0.417. The number of rotatable bonds is 12. The van der Waals surface area contributed by atoms with E-state index in [2.05, 4.69) is 48.3 Å². The van der Waals surface area contributed by atoms with Crippen molar-refractivity contribution < 1.29 is 17.9 Å². The Morgan fingerprint density at radius 1 is 0.884 bits per heavy atom. The molecule has 1 aliphatic rings. The molecular formula is C36H47NO4SSn. The summed E-state index contributed by atoms with van der Waals surface area (Å²) in [6.07, 6.45) is 5.03. The summed E-state index contributed by atoms with van der Waals surface area (Å²) in [6.45, 7) is 8.71. The van der Waals surface area contributed by atoms with Gasteiger partial charge in [-0.2, -0.15) is 0 Å². The molecule has 0 radical (unpaired) electrons. The van der Waals surface area contributed by atoms with E-state index in [4.69, 9.17) is 4.74 Å². The van der Waals surface area contributed by atoms with E-state index < -0.39 is 40.4 Å². The number of aryl methyl sites for hydroxylation is 2. The molecule has 0 aliphatic carbocycles. The van der Waals surface area contributed by atoms with E-state index in [-0.39, 0.29) is 17.4 Å². The molecule has 5 nitrogen and oxygen atoms in total. The minimum absolute atomic E-state index is 0.245. The number of hydrogen-bond acceptors (Lipinski definition) is 4. The van der Waals surface area contributed by atoms with Gasteiger partial charge in [0.1, 0.15) is 0 Å². The van der Waals surface area contributed by atoms with Crippen LogP contribution in [0, 0.1) is 19.8 Å². The second-order valence-electron chi connectivity index (χ2n) is 12.1. The third-order valence-corrected chi connectivity index (χ3v) is 24.8.